The van der Waals surface area contributed by atoms with E-state index in [9.17, 15) is 0 Å². The van der Waals surface area contributed by atoms with Crippen LogP contribution in [0.1, 0.15) is 19.3 Å². The summed E-state index contributed by atoms with van der Waals surface area (Å²) in [6, 6.07) is 10.9. The fourth-order valence-electron chi connectivity index (χ4n) is 3.15. The lowest BCUT2D eigenvalue weighted by Crippen LogP contribution is -2.60. The summed E-state index contributed by atoms with van der Waals surface area (Å²) in [6.45, 7) is 5.82. The Morgan fingerprint density at radius 2 is 1.72 bits per heavy atom. The van der Waals surface area contributed by atoms with Crippen LogP contribution in [-0.4, -0.2) is 43.8 Å². The molecule has 98 valence electrons. The number of para-hydroxylation sites is 1. The highest BCUT2D eigenvalue weighted by atomic mass is 15.4. The Kier molecular flexibility index (Phi) is 3.81. The molecule has 1 atom stereocenters. The zero-order valence-electron chi connectivity index (χ0n) is 11.0. The Morgan fingerprint density at radius 3 is 2.50 bits per heavy atom. The summed E-state index contributed by atoms with van der Waals surface area (Å²) < 4.78 is 0. The van der Waals surface area contributed by atoms with Gasteiger partial charge in [-0.15, -0.1) is 0 Å². The van der Waals surface area contributed by atoms with Crippen molar-refractivity contribution in [2.24, 2.45) is 0 Å². The second-order valence-electron chi connectivity index (χ2n) is 5.31. The van der Waals surface area contributed by atoms with Crippen LogP contribution in [0.15, 0.2) is 30.3 Å². The Morgan fingerprint density at radius 1 is 0.944 bits per heavy atom. The molecule has 0 aromatic heterocycles. The number of benzene rings is 1. The average Bonchev–Trinajstić information content (AvgIpc) is 2.49. The van der Waals surface area contributed by atoms with Crippen molar-refractivity contribution in [2.75, 3.05) is 37.6 Å². The summed E-state index contributed by atoms with van der Waals surface area (Å²) in [5.41, 5.74) is 1.37. The molecule has 0 amide bonds. The van der Waals surface area contributed by atoms with Gasteiger partial charge in [0.25, 0.3) is 0 Å². The summed E-state index contributed by atoms with van der Waals surface area (Å²) in [5.74, 6) is 0. The van der Waals surface area contributed by atoms with Gasteiger partial charge in [-0.25, -0.2) is 0 Å². The SMILES string of the molecule is c1ccc(N2CCNCC2N2CCCCC2)cc1. The maximum atomic E-state index is 3.55. The Hall–Kier alpha value is -1.06. The van der Waals surface area contributed by atoms with Gasteiger partial charge in [-0.1, -0.05) is 24.6 Å². The van der Waals surface area contributed by atoms with Gasteiger partial charge in [-0.3, -0.25) is 4.90 Å². The van der Waals surface area contributed by atoms with Gasteiger partial charge in [0.15, 0.2) is 0 Å². The molecule has 0 spiro atoms. The highest BCUT2D eigenvalue weighted by Crippen LogP contribution is 2.22. The first-order valence-corrected chi connectivity index (χ1v) is 7.21. The lowest BCUT2D eigenvalue weighted by Gasteiger charge is -2.45. The fraction of sp³-hybridized carbons (Fsp3) is 0.600. The molecule has 2 heterocycles. The maximum absolute atomic E-state index is 3.55. The summed E-state index contributed by atoms with van der Waals surface area (Å²) in [4.78, 5) is 5.23. The van der Waals surface area contributed by atoms with Crippen molar-refractivity contribution in [1.82, 2.24) is 10.2 Å². The van der Waals surface area contributed by atoms with Crippen molar-refractivity contribution in [1.29, 1.82) is 0 Å². The van der Waals surface area contributed by atoms with E-state index in [1.54, 1.807) is 0 Å². The number of rotatable bonds is 2. The zero-order valence-corrected chi connectivity index (χ0v) is 11.0. The van der Waals surface area contributed by atoms with Crippen molar-refractivity contribution in [3.8, 4) is 0 Å². The largest absolute Gasteiger partial charge is 0.353 e. The van der Waals surface area contributed by atoms with Crippen molar-refractivity contribution >= 4 is 5.69 Å². The molecule has 0 aliphatic carbocycles. The van der Waals surface area contributed by atoms with E-state index < -0.39 is 0 Å². The van der Waals surface area contributed by atoms with Gasteiger partial charge in [-0.05, 0) is 25.0 Å². The third kappa shape index (κ3) is 2.52. The van der Waals surface area contributed by atoms with Crippen molar-refractivity contribution in [2.45, 2.75) is 25.4 Å². The van der Waals surface area contributed by atoms with Crippen LogP contribution >= 0.6 is 0 Å². The van der Waals surface area contributed by atoms with Crippen LogP contribution in [0.4, 0.5) is 5.69 Å². The van der Waals surface area contributed by atoms with Crippen LogP contribution in [0.2, 0.25) is 0 Å². The lowest BCUT2D eigenvalue weighted by molar-refractivity contribution is 0.146. The molecule has 1 N–H and O–H groups in total. The molecular formula is C15H23N3. The molecule has 18 heavy (non-hydrogen) atoms. The quantitative estimate of drug-likeness (QED) is 0.858. The van der Waals surface area contributed by atoms with Crippen molar-refractivity contribution in [3.05, 3.63) is 30.3 Å². The van der Waals surface area contributed by atoms with E-state index in [0.29, 0.717) is 6.17 Å². The highest BCUT2D eigenvalue weighted by Gasteiger charge is 2.28. The standard InChI is InChI=1S/C15H23N3/c1-3-7-14(8-4-1)18-12-9-16-13-15(18)17-10-5-2-6-11-17/h1,3-4,7-8,15-16H,2,5-6,9-13H2. The number of hydrogen-bond acceptors (Lipinski definition) is 3. The topological polar surface area (TPSA) is 18.5 Å². The van der Waals surface area contributed by atoms with Gasteiger partial charge in [-0.2, -0.15) is 0 Å². The third-order valence-electron chi connectivity index (χ3n) is 4.12. The average molecular weight is 245 g/mol. The minimum Gasteiger partial charge on any atom is -0.353 e. The van der Waals surface area contributed by atoms with Gasteiger partial charge in [0, 0.05) is 38.4 Å². The minimum atomic E-state index is 0.543. The van der Waals surface area contributed by atoms with E-state index in [0.717, 1.165) is 19.6 Å². The molecule has 3 nitrogen and oxygen atoms in total. The van der Waals surface area contributed by atoms with Crippen LogP contribution in [0.25, 0.3) is 0 Å². The van der Waals surface area contributed by atoms with Gasteiger partial charge in [0.05, 0.1) is 6.17 Å². The second kappa shape index (κ2) is 5.72. The van der Waals surface area contributed by atoms with Gasteiger partial charge in [0.2, 0.25) is 0 Å². The fourth-order valence-corrected chi connectivity index (χ4v) is 3.15. The molecule has 2 aliphatic rings. The third-order valence-corrected chi connectivity index (χ3v) is 4.12. The predicted molar refractivity (Wildman–Crippen MR) is 75.9 cm³/mol. The number of nitrogens with zero attached hydrogens (tertiary/aromatic N) is 2. The first-order valence-electron chi connectivity index (χ1n) is 7.21. The van der Waals surface area contributed by atoms with E-state index in [2.05, 4.69) is 45.4 Å². The molecule has 0 saturated carbocycles. The van der Waals surface area contributed by atoms with E-state index in [1.807, 2.05) is 0 Å². The summed E-state index contributed by atoms with van der Waals surface area (Å²) in [5, 5.41) is 3.55. The number of hydrogen-bond donors (Lipinski definition) is 1. The van der Waals surface area contributed by atoms with Crippen molar-refractivity contribution < 1.29 is 0 Å². The molecule has 1 unspecified atom stereocenters. The van der Waals surface area contributed by atoms with Gasteiger partial charge < -0.3 is 10.2 Å². The predicted octanol–water partition coefficient (Wildman–Crippen LogP) is 1.91. The zero-order chi connectivity index (χ0) is 12.2. The molecular weight excluding hydrogens is 222 g/mol. The molecule has 2 aliphatic heterocycles. The first kappa shape index (κ1) is 12.0. The summed E-state index contributed by atoms with van der Waals surface area (Å²) in [6.07, 6.45) is 4.67. The minimum absolute atomic E-state index is 0.543. The number of anilines is 1. The van der Waals surface area contributed by atoms with Gasteiger partial charge >= 0.3 is 0 Å². The van der Waals surface area contributed by atoms with E-state index in [1.165, 1.54) is 38.0 Å². The summed E-state index contributed by atoms with van der Waals surface area (Å²) in [7, 11) is 0. The van der Waals surface area contributed by atoms with Gasteiger partial charge in [0.1, 0.15) is 0 Å². The Balaban J connectivity index is 1.77. The van der Waals surface area contributed by atoms with E-state index >= 15 is 0 Å². The highest BCUT2D eigenvalue weighted by molar-refractivity contribution is 5.47. The molecule has 2 saturated heterocycles. The Bertz CT molecular complexity index is 359. The number of piperazine rings is 1. The maximum Gasteiger partial charge on any atom is 0.0948 e. The lowest BCUT2D eigenvalue weighted by atomic mass is 10.1. The Labute approximate surface area is 110 Å². The normalized spacial score (nSPS) is 26.2. The molecule has 2 fully saturated rings. The molecule has 0 radical (unpaired) electrons. The van der Waals surface area contributed by atoms with Crippen LogP contribution in [0, 0.1) is 0 Å². The van der Waals surface area contributed by atoms with E-state index in [-0.39, 0.29) is 0 Å². The van der Waals surface area contributed by atoms with Crippen LogP contribution in [0.5, 0.6) is 0 Å². The summed E-state index contributed by atoms with van der Waals surface area (Å²) >= 11 is 0. The van der Waals surface area contributed by atoms with Crippen LogP contribution in [0.3, 0.4) is 0 Å². The molecule has 3 rings (SSSR count). The molecule has 1 aromatic rings. The smallest absolute Gasteiger partial charge is 0.0948 e. The molecule has 0 bridgehead atoms. The van der Waals surface area contributed by atoms with Crippen molar-refractivity contribution in [3.63, 3.8) is 0 Å². The number of likely N-dealkylation sites (tertiary alicyclic amines) is 1. The van der Waals surface area contributed by atoms with Crippen LogP contribution in [-0.2, 0) is 0 Å². The van der Waals surface area contributed by atoms with E-state index in [4.69, 9.17) is 0 Å². The van der Waals surface area contributed by atoms with Crippen LogP contribution < -0.4 is 10.2 Å². The molecule has 1 aromatic carbocycles. The monoisotopic (exact) mass is 245 g/mol. The first-order chi connectivity index (χ1) is 8.95. The molecule has 3 heteroatoms. The number of piperidine rings is 1. The number of nitrogens with one attached hydrogen (secondary N) is 1. The second-order valence-corrected chi connectivity index (χ2v) is 5.31.